The third kappa shape index (κ3) is 5.00. The van der Waals surface area contributed by atoms with Gasteiger partial charge in [-0.3, -0.25) is 4.57 Å². The van der Waals surface area contributed by atoms with Gasteiger partial charge in [0, 0.05) is 25.7 Å². The molecule has 0 saturated heterocycles. The molecule has 0 bridgehead atoms. The van der Waals surface area contributed by atoms with Crippen LogP contribution in [0.2, 0.25) is 0 Å². The van der Waals surface area contributed by atoms with Crippen LogP contribution in [0.4, 0.5) is 0 Å². The van der Waals surface area contributed by atoms with Crippen LogP contribution in [0.25, 0.3) is 19.5 Å². The van der Waals surface area contributed by atoms with Gasteiger partial charge < -0.3 is 9.79 Å². The minimum absolute atomic E-state index is 0.0227. The Morgan fingerprint density at radius 2 is 1.83 bits per heavy atom. The highest BCUT2D eigenvalue weighted by Gasteiger charge is 2.15. The second-order valence-electron chi connectivity index (χ2n) is 5.39. The minimum atomic E-state index is -3.87. The maximum atomic E-state index is 10.9. The van der Waals surface area contributed by atoms with E-state index in [1.54, 1.807) is 22.7 Å². The minimum Gasteiger partial charge on any atom is -0.324 e. The summed E-state index contributed by atoms with van der Waals surface area (Å²) in [5, 5.41) is 2.09. The molecule has 3 aromatic heterocycles. The molecule has 3 aromatic rings. The average Bonchev–Trinajstić information content (AvgIpc) is 3.22. The van der Waals surface area contributed by atoms with Crippen LogP contribution >= 0.6 is 64.2 Å². The number of unbranched alkanes of at least 4 members (excludes halogenated alkanes) is 1. The first-order valence-electron chi connectivity index (χ1n) is 7.39. The molecule has 0 unspecified atom stereocenters. The maximum Gasteiger partial charge on any atom is 0.325 e. The van der Waals surface area contributed by atoms with Gasteiger partial charge in [-0.1, -0.05) is 6.07 Å². The molecule has 8 heteroatoms. The van der Waals surface area contributed by atoms with Crippen molar-refractivity contribution >= 4 is 64.2 Å². The molecule has 0 aliphatic heterocycles. The molecule has 0 amide bonds. The van der Waals surface area contributed by atoms with Crippen molar-refractivity contribution in [1.29, 1.82) is 0 Å². The molecule has 0 aliphatic rings. The molecule has 3 rings (SSSR count). The monoisotopic (exact) mass is 510 g/mol. The molecule has 0 aliphatic carbocycles. The molecule has 0 atom stereocenters. The van der Waals surface area contributed by atoms with E-state index in [9.17, 15) is 4.57 Å². The Balaban J connectivity index is 1.73. The van der Waals surface area contributed by atoms with Crippen molar-refractivity contribution in [2.75, 3.05) is 6.16 Å². The summed E-state index contributed by atoms with van der Waals surface area (Å²) in [7, 11) is -3.87. The molecule has 0 fully saturated rings. The van der Waals surface area contributed by atoms with Crippen LogP contribution in [0, 0.1) is 2.88 Å². The first-order chi connectivity index (χ1) is 11.4. The number of rotatable bonds is 7. The third-order valence-corrected chi connectivity index (χ3v) is 8.69. The van der Waals surface area contributed by atoms with Crippen LogP contribution in [0.15, 0.2) is 35.7 Å². The summed E-state index contributed by atoms with van der Waals surface area (Å²) in [4.78, 5) is 23.1. The average molecular weight is 510 g/mol. The first-order valence-corrected chi connectivity index (χ1v) is 12.8. The number of thiophene rings is 3. The van der Waals surface area contributed by atoms with Gasteiger partial charge in [-0.2, -0.15) is 0 Å². The maximum absolute atomic E-state index is 10.9. The number of aryl methyl sites for hydroxylation is 1. The fourth-order valence-corrected chi connectivity index (χ4v) is 7.03. The van der Waals surface area contributed by atoms with Crippen molar-refractivity contribution in [3.05, 3.63) is 44.2 Å². The lowest BCUT2D eigenvalue weighted by atomic mass is 10.1. The lowest BCUT2D eigenvalue weighted by molar-refractivity contribution is 0.371. The molecule has 128 valence electrons. The Kier molecular flexibility index (Phi) is 6.35. The van der Waals surface area contributed by atoms with Gasteiger partial charge in [0.25, 0.3) is 0 Å². The summed E-state index contributed by atoms with van der Waals surface area (Å²) in [6.45, 7) is 0. The smallest absolute Gasteiger partial charge is 0.324 e. The van der Waals surface area contributed by atoms with Gasteiger partial charge in [-0.15, -0.1) is 34.0 Å². The van der Waals surface area contributed by atoms with E-state index in [2.05, 4.69) is 58.3 Å². The Bertz CT molecular complexity index is 848. The van der Waals surface area contributed by atoms with Gasteiger partial charge in [0.2, 0.25) is 0 Å². The summed E-state index contributed by atoms with van der Waals surface area (Å²) in [5.41, 5.74) is 1.29. The first kappa shape index (κ1) is 18.8. The van der Waals surface area contributed by atoms with Gasteiger partial charge in [-0.25, -0.2) is 0 Å². The second-order valence-corrected chi connectivity index (χ2v) is 12.1. The van der Waals surface area contributed by atoms with Crippen molar-refractivity contribution in [2.45, 2.75) is 19.3 Å². The van der Waals surface area contributed by atoms with E-state index < -0.39 is 7.60 Å². The second kappa shape index (κ2) is 8.12. The zero-order valence-corrected chi connectivity index (χ0v) is 18.1. The van der Waals surface area contributed by atoms with Crippen LogP contribution in [-0.4, -0.2) is 15.9 Å². The molecule has 3 heterocycles. The largest absolute Gasteiger partial charge is 0.325 e. The van der Waals surface area contributed by atoms with Crippen LogP contribution < -0.4 is 0 Å². The predicted octanol–water partition coefficient (Wildman–Crippen LogP) is 6.31. The van der Waals surface area contributed by atoms with E-state index in [1.165, 1.54) is 28.0 Å². The normalized spacial score (nSPS) is 12.0. The molecule has 0 aromatic carbocycles. The lowest BCUT2D eigenvalue weighted by Gasteiger charge is -2.04. The lowest BCUT2D eigenvalue weighted by Crippen LogP contribution is -1.91. The number of hydrogen-bond acceptors (Lipinski definition) is 4. The number of hydrogen-bond donors (Lipinski definition) is 2. The van der Waals surface area contributed by atoms with Crippen molar-refractivity contribution < 1.29 is 14.4 Å². The Morgan fingerprint density at radius 3 is 2.54 bits per heavy atom. The van der Waals surface area contributed by atoms with Gasteiger partial charge in [0.1, 0.15) is 0 Å². The molecular formula is C16H16IO3PS3. The van der Waals surface area contributed by atoms with Crippen LogP contribution in [0.5, 0.6) is 0 Å². The highest BCUT2D eigenvalue weighted by Crippen LogP contribution is 2.42. The molecule has 0 radical (unpaired) electrons. The van der Waals surface area contributed by atoms with E-state index in [-0.39, 0.29) is 6.16 Å². The van der Waals surface area contributed by atoms with Gasteiger partial charge >= 0.3 is 7.60 Å². The van der Waals surface area contributed by atoms with E-state index in [4.69, 9.17) is 9.79 Å². The Labute approximate surface area is 166 Å². The molecule has 0 saturated carbocycles. The van der Waals surface area contributed by atoms with E-state index >= 15 is 0 Å². The fraction of sp³-hybridized carbons (Fsp3) is 0.250. The molecular weight excluding hydrogens is 494 g/mol. The predicted molar refractivity (Wildman–Crippen MR) is 114 cm³/mol. The quantitative estimate of drug-likeness (QED) is 0.223. The van der Waals surface area contributed by atoms with Gasteiger partial charge in [0.15, 0.2) is 0 Å². The molecule has 24 heavy (non-hydrogen) atoms. The third-order valence-electron chi connectivity index (χ3n) is 3.52. The Hall–Kier alpha value is -0.0200. The van der Waals surface area contributed by atoms with Gasteiger partial charge in [0.05, 0.1) is 2.88 Å². The van der Waals surface area contributed by atoms with E-state index in [0.717, 1.165) is 12.8 Å². The van der Waals surface area contributed by atoms with Crippen molar-refractivity contribution in [2.24, 2.45) is 0 Å². The summed E-state index contributed by atoms with van der Waals surface area (Å²) in [6, 6.07) is 10.8. The molecule has 3 nitrogen and oxygen atoms in total. The molecule has 2 N–H and O–H groups in total. The van der Waals surface area contributed by atoms with Crippen molar-refractivity contribution in [1.82, 2.24) is 0 Å². The zero-order chi connectivity index (χ0) is 17.2. The van der Waals surface area contributed by atoms with E-state index in [0.29, 0.717) is 6.42 Å². The topological polar surface area (TPSA) is 57.5 Å². The van der Waals surface area contributed by atoms with Crippen molar-refractivity contribution in [3.8, 4) is 19.5 Å². The summed E-state index contributed by atoms with van der Waals surface area (Å²) >= 11 is 7.69. The zero-order valence-electron chi connectivity index (χ0n) is 12.6. The standard InChI is InChI=1S/C16H16IO3PS3/c17-15-10-11(4-1-2-8-21(18,19)20)16(24-15)14-7-6-13(23-14)12-5-3-9-22-12/h3,5-7,9-10H,1-2,4,8H2,(H2,18,19,20). The highest BCUT2D eigenvalue weighted by atomic mass is 127. The summed E-state index contributed by atoms with van der Waals surface area (Å²) in [5.74, 6) is 0. The summed E-state index contributed by atoms with van der Waals surface area (Å²) in [6.07, 6.45) is 2.20. The summed E-state index contributed by atoms with van der Waals surface area (Å²) < 4.78 is 12.2. The van der Waals surface area contributed by atoms with Crippen LogP contribution in [-0.2, 0) is 11.0 Å². The van der Waals surface area contributed by atoms with Crippen LogP contribution in [0.1, 0.15) is 18.4 Å². The molecule has 0 spiro atoms. The SMILES string of the molecule is O=P(O)(O)CCCCc1cc(I)sc1-c1ccc(-c2cccs2)s1. The number of halogens is 1. The van der Waals surface area contributed by atoms with E-state index in [1.807, 2.05) is 11.3 Å². The Morgan fingerprint density at radius 1 is 1.04 bits per heavy atom. The van der Waals surface area contributed by atoms with Gasteiger partial charge in [-0.05, 0) is 77.1 Å². The fourth-order valence-electron chi connectivity index (χ4n) is 2.43. The highest BCUT2D eigenvalue weighted by molar-refractivity contribution is 14.1. The van der Waals surface area contributed by atoms with Crippen LogP contribution in [0.3, 0.4) is 0 Å². The van der Waals surface area contributed by atoms with Crippen molar-refractivity contribution in [3.63, 3.8) is 0 Å².